The van der Waals surface area contributed by atoms with Crippen LogP contribution in [-0.2, 0) is 4.79 Å². The summed E-state index contributed by atoms with van der Waals surface area (Å²) in [5.41, 5.74) is 5.29. The van der Waals surface area contributed by atoms with E-state index in [0.717, 1.165) is 6.07 Å². The fourth-order valence-electron chi connectivity index (χ4n) is 1.58. The molecule has 1 unspecified atom stereocenters. The number of carboxylic acids is 1. The summed E-state index contributed by atoms with van der Waals surface area (Å²) in [4.78, 5) is 22.9. The lowest BCUT2D eigenvalue weighted by Crippen LogP contribution is -2.45. The van der Waals surface area contributed by atoms with Gasteiger partial charge < -0.3 is 16.2 Å². The molecule has 0 bridgehead atoms. The van der Waals surface area contributed by atoms with Crippen molar-refractivity contribution in [3.05, 3.63) is 29.6 Å². The van der Waals surface area contributed by atoms with E-state index >= 15 is 0 Å². The Morgan fingerprint density at radius 2 is 2.11 bits per heavy atom. The predicted molar refractivity (Wildman–Crippen MR) is 69.2 cm³/mol. The fourth-order valence-corrected chi connectivity index (χ4v) is 1.58. The Hall–Kier alpha value is -2.11. The molecule has 0 aromatic heterocycles. The Kier molecular flexibility index (Phi) is 4.86. The van der Waals surface area contributed by atoms with Gasteiger partial charge in [0.2, 0.25) is 0 Å². The molecule has 0 saturated carbocycles. The van der Waals surface area contributed by atoms with Crippen LogP contribution >= 0.6 is 0 Å². The molecule has 19 heavy (non-hydrogen) atoms. The molecule has 1 rings (SSSR count). The van der Waals surface area contributed by atoms with E-state index in [2.05, 4.69) is 5.32 Å². The van der Waals surface area contributed by atoms with Gasteiger partial charge in [0.25, 0.3) is 5.91 Å². The van der Waals surface area contributed by atoms with Crippen LogP contribution in [0.5, 0.6) is 0 Å². The Morgan fingerprint density at radius 1 is 1.47 bits per heavy atom. The highest BCUT2D eigenvalue weighted by molar-refractivity contribution is 5.96. The first-order valence-electron chi connectivity index (χ1n) is 5.95. The summed E-state index contributed by atoms with van der Waals surface area (Å²) in [5.74, 6) is -2.67. The summed E-state index contributed by atoms with van der Waals surface area (Å²) in [6.07, 6.45) is 0.605. The van der Waals surface area contributed by atoms with Crippen LogP contribution in [0.4, 0.5) is 10.1 Å². The van der Waals surface area contributed by atoms with Crippen molar-refractivity contribution < 1.29 is 19.1 Å². The maximum absolute atomic E-state index is 13.2. The molecule has 1 aromatic rings. The topological polar surface area (TPSA) is 92.4 Å². The highest BCUT2D eigenvalue weighted by Gasteiger charge is 2.25. The van der Waals surface area contributed by atoms with E-state index in [4.69, 9.17) is 10.8 Å². The molecule has 0 spiro atoms. The van der Waals surface area contributed by atoms with Crippen molar-refractivity contribution in [2.24, 2.45) is 5.92 Å². The number of rotatable bonds is 5. The largest absolute Gasteiger partial charge is 0.480 e. The van der Waals surface area contributed by atoms with E-state index in [1.807, 2.05) is 6.92 Å². The quantitative estimate of drug-likeness (QED) is 0.708. The summed E-state index contributed by atoms with van der Waals surface area (Å²) < 4.78 is 13.2. The SMILES string of the molecule is CCC(C)[C@H](NC(=O)c1ccc(N)c(F)c1)C(=O)O. The number of hydrogen-bond donors (Lipinski definition) is 3. The number of carbonyl (C=O) groups is 2. The molecule has 0 saturated heterocycles. The molecule has 5 nitrogen and oxygen atoms in total. The third-order valence-corrected chi connectivity index (χ3v) is 3.03. The van der Waals surface area contributed by atoms with Gasteiger partial charge >= 0.3 is 5.97 Å². The number of anilines is 1. The molecule has 104 valence electrons. The minimum Gasteiger partial charge on any atom is -0.480 e. The Bertz CT molecular complexity index is 491. The second-order valence-corrected chi connectivity index (χ2v) is 4.41. The van der Waals surface area contributed by atoms with E-state index in [1.54, 1.807) is 6.92 Å². The number of nitrogens with two attached hydrogens (primary N) is 1. The lowest BCUT2D eigenvalue weighted by Gasteiger charge is -2.20. The number of nitrogens with one attached hydrogen (secondary N) is 1. The van der Waals surface area contributed by atoms with Crippen LogP contribution in [0.2, 0.25) is 0 Å². The smallest absolute Gasteiger partial charge is 0.326 e. The normalized spacial score (nSPS) is 13.6. The maximum Gasteiger partial charge on any atom is 0.326 e. The van der Waals surface area contributed by atoms with Gasteiger partial charge in [-0.15, -0.1) is 0 Å². The molecule has 2 atom stereocenters. The van der Waals surface area contributed by atoms with Gasteiger partial charge in [0.15, 0.2) is 0 Å². The molecule has 6 heteroatoms. The summed E-state index contributed by atoms with van der Waals surface area (Å²) in [6, 6.07) is 2.60. The minimum absolute atomic E-state index is 0.0428. The highest BCUT2D eigenvalue weighted by atomic mass is 19.1. The third kappa shape index (κ3) is 3.67. The van der Waals surface area contributed by atoms with E-state index in [9.17, 15) is 14.0 Å². The number of carboxylic acid groups (broad SMARTS) is 1. The Labute approximate surface area is 110 Å². The van der Waals surface area contributed by atoms with Crippen LogP contribution in [0.15, 0.2) is 18.2 Å². The first-order valence-corrected chi connectivity index (χ1v) is 5.95. The Balaban J connectivity index is 2.87. The standard InChI is InChI=1S/C13H17FN2O3/c1-3-7(2)11(13(18)19)16-12(17)8-4-5-10(15)9(14)6-8/h4-7,11H,3,15H2,1-2H3,(H,16,17)(H,18,19)/t7?,11-/m0/s1. The number of benzene rings is 1. The number of halogens is 1. The predicted octanol–water partition coefficient (Wildman–Crippen LogP) is 1.64. The minimum atomic E-state index is -1.11. The average Bonchev–Trinajstić information content (AvgIpc) is 2.37. The monoisotopic (exact) mass is 268 g/mol. The maximum atomic E-state index is 13.2. The molecular weight excluding hydrogens is 251 g/mol. The molecule has 0 aliphatic carbocycles. The first kappa shape index (κ1) is 14.9. The van der Waals surface area contributed by atoms with Gasteiger partial charge in [-0.25, -0.2) is 9.18 Å². The van der Waals surface area contributed by atoms with Gasteiger partial charge in [0.1, 0.15) is 11.9 Å². The zero-order chi connectivity index (χ0) is 14.6. The van der Waals surface area contributed by atoms with Crippen LogP contribution in [0.25, 0.3) is 0 Å². The molecule has 4 N–H and O–H groups in total. The summed E-state index contributed by atoms with van der Waals surface area (Å²) in [7, 11) is 0. The molecule has 1 amide bonds. The number of carbonyl (C=O) groups excluding carboxylic acids is 1. The van der Waals surface area contributed by atoms with Crippen molar-refractivity contribution in [1.29, 1.82) is 0 Å². The zero-order valence-electron chi connectivity index (χ0n) is 10.8. The van der Waals surface area contributed by atoms with Crippen molar-refractivity contribution in [3.8, 4) is 0 Å². The number of aliphatic carboxylic acids is 1. The van der Waals surface area contributed by atoms with Gasteiger partial charge in [0.05, 0.1) is 5.69 Å². The lowest BCUT2D eigenvalue weighted by molar-refractivity contribution is -0.140. The lowest BCUT2D eigenvalue weighted by atomic mass is 9.99. The second kappa shape index (κ2) is 6.17. The summed E-state index contributed by atoms with van der Waals surface area (Å²) in [6.45, 7) is 3.55. The van der Waals surface area contributed by atoms with E-state index in [0.29, 0.717) is 6.42 Å². The van der Waals surface area contributed by atoms with Crippen molar-refractivity contribution in [2.45, 2.75) is 26.3 Å². The van der Waals surface area contributed by atoms with Crippen molar-refractivity contribution in [2.75, 3.05) is 5.73 Å². The van der Waals surface area contributed by atoms with Gasteiger partial charge in [-0.1, -0.05) is 20.3 Å². The van der Waals surface area contributed by atoms with Crippen molar-refractivity contribution in [3.63, 3.8) is 0 Å². The molecule has 0 aliphatic rings. The van der Waals surface area contributed by atoms with Crippen LogP contribution in [0.1, 0.15) is 30.6 Å². The first-order chi connectivity index (χ1) is 8.86. The summed E-state index contributed by atoms with van der Waals surface area (Å²) in [5, 5.41) is 11.4. The van der Waals surface area contributed by atoms with Gasteiger partial charge in [0, 0.05) is 5.56 Å². The highest BCUT2D eigenvalue weighted by Crippen LogP contribution is 2.13. The average molecular weight is 268 g/mol. The number of hydrogen-bond acceptors (Lipinski definition) is 3. The molecule has 0 fully saturated rings. The zero-order valence-corrected chi connectivity index (χ0v) is 10.8. The van der Waals surface area contributed by atoms with Gasteiger partial charge in [-0.05, 0) is 24.1 Å². The summed E-state index contributed by atoms with van der Waals surface area (Å²) >= 11 is 0. The molecule has 0 heterocycles. The van der Waals surface area contributed by atoms with Crippen LogP contribution in [0, 0.1) is 11.7 Å². The number of nitrogen functional groups attached to an aromatic ring is 1. The number of amides is 1. The van der Waals surface area contributed by atoms with E-state index in [-0.39, 0.29) is 17.2 Å². The molecular formula is C13H17FN2O3. The van der Waals surface area contributed by atoms with Crippen molar-refractivity contribution in [1.82, 2.24) is 5.32 Å². The van der Waals surface area contributed by atoms with Crippen LogP contribution in [0.3, 0.4) is 0 Å². The fraction of sp³-hybridized carbons (Fsp3) is 0.385. The Morgan fingerprint density at radius 3 is 2.58 bits per heavy atom. The van der Waals surface area contributed by atoms with Crippen LogP contribution < -0.4 is 11.1 Å². The molecule has 0 aliphatic heterocycles. The van der Waals surface area contributed by atoms with Gasteiger partial charge in [-0.3, -0.25) is 4.79 Å². The molecule has 0 radical (unpaired) electrons. The molecule has 1 aromatic carbocycles. The van der Waals surface area contributed by atoms with Crippen molar-refractivity contribution >= 4 is 17.6 Å². The van der Waals surface area contributed by atoms with E-state index < -0.39 is 23.7 Å². The van der Waals surface area contributed by atoms with Gasteiger partial charge in [-0.2, -0.15) is 0 Å². The third-order valence-electron chi connectivity index (χ3n) is 3.03. The van der Waals surface area contributed by atoms with Crippen LogP contribution in [-0.4, -0.2) is 23.0 Å². The van der Waals surface area contributed by atoms with E-state index in [1.165, 1.54) is 12.1 Å². The second-order valence-electron chi connectivity index (χ2n) is 4.41.